The first kappa shape index (κ1) is 15.6. The van der Waals surface area contributed by atoms with Gasteiger partial charge in [0.1, 0.15) is 0 Å². The number of aromatic nitrogens is 1. The molecule has 2 aromatic carbocycles. The van der Waals surface area contributed by atoms with Gasteiger partial charge in [-0.3, -0.25) is 20.4 Å². The van der Waals surface area contributed by atoms with Gasteiger partial charge in [-0.1, -0.05) is 23.8 Å². The Bertz CT molecular complexity index is 853. The Morgan fingerprint density at radius 1 is 0.792 bits per heavy atom. The summed E-state index contributed by atoms with van der Waals surface area (Å²) in [6.07, 6.45) is 3.80. The number of hydrogen-bond acceptors (Lipinski definition) is 2. The molecule has 2 amide bonds. The molecule has 0 atom stereocenters. The van der Waals surface area contributed by atoms with Crippen LogP contribution >= 0.6 is 0 Å². The van der Waals surface area contributed by atoms with E-state index in [1.54, 1.807) is 30.3 Å². The Morgan fingerprint density at radius 3 is 2.08 bits per heavy atom. The van der Waals surface area contributed by atoms with Crippen molar-refractivity contribution in [1.82, 2.24) is 15.4 Å². The molecule has 0 spiro atoms. The minimum absolute atomic E-state index is 0.357. The monoisotopic (exact) mass is 319 g/mol. The fraction of sp³-hybridized carbons (Fsp3) is 0.0526. The molecule has 0 aliphatic carbocycles. The van der Waals surface area contributed by atoms with Crippen LogP contribution in [0.25, 0.3) is 5.69 Å². The molecule has 120 valence electrons. The number of rotatable bonds is 3. The van der Waals surface area contributed by atoms with Gasteiger partial charge < -0.3 is 4.57 Å². The van der Waals surface area contributed by atoms with Crippen LogP contribution in [-0.2, 0) is 0 Å². The Hall–Kier alpha value is -3.34. The third-order valence-electron chi connectivity index (χ3n) is 3.61. The predicted octanol–water partition coefficient (Wildman–Crippen LogP) is 2.86. The molecule has 1 aromatic heterocycles. The van der Waals surface area contributed by atoms with Crippen LogP contribution in [0.1, 0.15) is 26.3 Å². The molecule has 3 aromatic rings. The summed E-state index contributed by atoms with van der Waals surface area (Å²) in [6, 6.07) is 18.1. The minimum Gasteiger partial charge on any atom is -0.324 e. The van der Waals surface area contributed by atoms with Crippen molar-refractivity contribution in [2.45, 2.75) is 6.92 Å². The first-order valence-electron chi connectivity index (χ1n) is 7.54. The Morgan fingerprint density at radius 2 is 1.42 bits per heavy atom. The summed E-state index contributed by atoms with van der Waals surface area (Å²) >= 11 is 0. The zero-order valence-corrected chi connectivity index (χ0v) is 13.2. The lowest BCUT2D eigenvalue weighted by Crippen LogP contribution is -2.41. The van der Waals surface area contributed by atoms with Gasteiger partial charge in [0.2, 0.25) is 0 Å². The quantitative estimate of drug-likeness (QED) is 0.729. The number of nitrogens with zero attached hydrogens (tertiary/aromatic N) is 1. The molecule has 0 saturated heterocycles. The van der Waals surface area contributed by atoms with Crippen LogP contribution < -0.4 is 10.9 Å². The summed E-state index contributed by atoms with van der Waals surface area (Å²) < 4.78 is 1.90. The van der Waals surface area contributed by atoms with E-state index in [4.69, 9.17) is 0 Å². The highest BCUT2D eigenvalue weighted by Crippen LogP contribution is 2.11. The van der Waals surface area contributed by atoms with Gasteiger partial charge in [0.05, 0.1) is 0 Å². The third kappa shape index (κ3) is 3.52. The number of hydrogen-bond donors (Lipinski definition) is 2. The third-order valence-corrected chi connectivity index (χ3v) is 3.61. The number of nitrogens with one attached hydrogen (secondary N) is 2. The fourth-order valence-electron chi connectivity index (χ4n) is 2.28. The van der Waals surface area contributed by atoms with Crippen molar-refractivity contribution in [1.29, 1.82) is 0 Å². The standard InChI is InChI=1S/C19H17N3O2/c1-14-7-9-15(10-8-14)18(23)20-21-19(24)16-5-4-6-17(13-16)22-11-2-3-12-22/h2-13H,1H3,(H,20,23)(H,21,24). The average Bonchev–Trinajstić information content (AvgIpc) is 3.15. The number of carbonyl (C=O) groups excluding carboxylic acids is 2. The van der Waals surface area contributed by atoms with Crippen molar-refractivity contribution in [2.24, 2.45) is 0 Å². The molecule has 2 N–H and O–H groups in total. The Labute approximate surface area is 139 Å². The van der Waals surface area contributed by atoms with Crippen LogP contribution in [0.4, 0.5) is 0 Å². The maximum absolute atomic E-state index is 12.2. The second-order valence-corrected chi connectivity index (χ2v) is 5.41. The fourth-order valence-corrected chi connectivity index (χ4v) is 2.28. The lowest BCUT2D eigenvalue weighted by Gasteiger charge is -2.09. The Kier molecular flexibility index (Phi) is 4.43. The molecule has 24 heavy (non-hydrogen) atoms. The van der Waals surface area contributed by atoms with Crippen LogP contribution in [-0.4, -0.2) is 16.4 Å². The van der Waals surface area contributed by atoms with Crippen LogP contribution in [0.5, 0.6) is 0 Å². The molecule has 0 bridgehead atoms. The number of amides is 2. The second-order valence-electron chi connectivity index (χ2n) is 5.41. The molecule has 0 fully saturated rings. The molecule has 5 heteroatoms. The molecule has 5 nitrogen and oxygen atoms in total. The van der Waals surface area contributed by atoms with Crippen LogP contribution in [0.15, 0.2) is 73.1 Å². The highest BCUT2D eigenvalue weighted by atomic mass is 16.2. The molecule has 0 unspecified atom stereocenters. The van der Waals surface area contributed by atoms with E-state index in [2.05, 4.69) is 10.9 Å². The number of hydrazine groups is 1. The van der Waals surface area contributed by atoms with Crippen molar-refractivity contribution in [3.63, 3.8) is 0 Å². The van der Waals surface area contributed by atoms with Gasteiger partial charge in [0.25, 0.3) is 11.8 Å². The lowest BCUT2D eigenvalue weighted by molar-refractivity contribution is 0.0846. The van der Waals surface area contributed by atoms with Crippen LogP contribution in [0, 0.1) is 6.92 Å². The molecule has 1 heterocycles. The SMILES string of the molecule is Cc1ccc(C(=O)NNC(=O)c2cccc(-n3cccc3)c2)cc1. The normalized spacial score (nSPS) is 10.2. The first-order valence-corrected chi connectivity index (χ1v) is 7.54. The molecular weight excluding hydrogens is 302 g/mol. The summed E-state index contributed by atoms with van der Waals surface area (Å²) in [5, 5.41) is 0. The molecule has 0 saturated carbocycles. The van der Waals surface area contributed by atoms with Crippen molar-refractivity contribution >= 4 is 11.8 Å². The Balaban J connectivity index is 1.66. The maximum Gasteiger partial charge on any atom is 0.269 e. The maximum atomic E-state index is 12.2. The van der Waals surface area contributed by atoms with Crippen LogP contribution in [0.2, 0.25) is 0 Å². The van der Waals surface area contributed by atoms with Gasteiger partial charge in [-0.15, -0.1) is 0 Å². The summed E-state index contributed by atoms with van der Waals surface area (Å²) in [5.41, 5.74) is 7.75. The van der Waals surface area contributed by atoms with Crippen molar-refractivity contribution in [2.75, 3.05) is 0 Å². The second kappa shape index (κ2) is 6.83. The molecule has 0 aliphatic heterocycles. The van der Waals surface area contributed by atoms with Gasteiger partial charge in [-0.25, -0.2) is 0 Å². The van der Waals surface area contributed by atoms with E-state index in [-0.39, 0.29) is 11.8 Å². The van der Waals surface area contributed by atoms with Crippen molar-refractivity contribution < 1.29 is 9.59 Å². The zero-order chi connectivity index (χ0) is 16.9. The van der Waals surface area contributed by atoms with E-state index >= 15 is 0 Å². The summed E-state index contributed by atoms with van der Waals surface area (Å²) in [5.74, 6) is -0.727. The largest absolute Gasteiger partial charge is 0.324 e. The van der Waals surface area contributed by atoms with E-state index in [1.165, 1.54) is 0 Å². The number of aryl methyl sites for hydroxylation is 1. The molecule has 3 rings (SSSR count). The van der Waals surface area contributed by atoms with Gasteiger partial charge in [-0.2, -0.15) is 0 Å². The van der Waals surface area contributed by atoms with Crippen LogP contribution in [0.3, 0.4) is 0 Å². The first-order chi connectivity index (χ1) is 11.6. The van der Waals surface area contributed by atoms with Crippen molar-refractivity contribution in [3.8, 4) is 5.69 Å². The summed E-state index contributed by atoms with van der Waals surface area (Å²) in [4.78, 5) is 24.2. The highest BCUT2D eigenvalue weighted by Gasteiger charge is 2.09. The van der Waals surface area contributed by atoms with E-state index < -0.39 is 0 Å². The summed E-state index contributed by atoms with van der Waals surface area (Å²) in [6.45, 7) is 1.95. The van der Waals surface area contributed by atoms with Gasteiger partial charge in [-0.05, 0) is 49.4 Å². The molecule has 0 aliphatic rings. The smallest absolute Gasteiger partial charge is 0.269 e. The average molecular weight is 319 g/mol. The minimum atomic E-state index is -0.371. The lowest BCUT2D eigenvalue weighted by atomic mass is 10.1. The van der Waals surface area contributed by atoms with Gasteiger partial charge in [0.15, 0.2) is 0 Å². The van der Waals surface area contributed by atoms with E-state index in [1.807, 2.05) is 54.2 Å². The zero-order valence-electron chi connectivity index (χ0n) is 13.2. The number of carbonyl (C=O) groups is 2. The van der Waals surface area contributed by atoms with Crippen molar-refractivity contribution in [3.05, 3.63) is 89.7 Å². The van der Waals surface area contributed by atoms with Gasteiger partial charge in [0, 0.05) is 29.2 Å². The van der Waals surface area contributed by atoms with E-state index in [0.717, 1.165) is 11.3 Å². The summed E-state index contributed by atoms with van der Waals surface area (Å²) in [7, 11) is 0. The predicted molar refractivity (Wildman–Crippen MR) is 91.9 cm³/mol. The number of benzene rings is 2. The van der Waals surface area contributed by atoms with E-state index in [0.29, 0.717) is 11.1 Å². The highest BCUT2D eigenvalue weighted by molar-refractivity contribution is 5.99. The van der Waals surface area contributed by atoms with E-state index in [9.17, 15) is 9.59 Å². The topological polar surface area (TPSA) is 63.1 Å². The molecular formula is C19H17N3O2. The molecule has 0 radical (unpaired) electrons. The van der Waals surface area contributed by atoms with Gasteiger partial charge >= 0.3 is 0 Å².